The van der Waals surface area contributed by atoms with Gasteiger partial charge in [-0.3, -0.25) is 4.79 Å². The van der Waals surface area contributed by atoms with E-state index in [2.05, 4.69) is 11.9 Å². The van der Waals surface area contributed by atoms with Crippen LogP contribution in [-0.4, -0.2) is 42.2 Å². The van der Waals surface area contributed by atoms with Crippen LogP contribution < -0.4 is 5.73 Å². The van der Waals surface area contributed by atoms with E-state index in [1.54, 1.807) is 0 Å². The van der Waals surface area contributed by atoms with Gasteiger partial charge in [0.05, 0.1) is 0 Å². The molecule has 1 aliphatic heterocycles. The van der Waals surface area contributed by atoms with Crippen LogP contribution in [0.25, 0.3) is 0 Å². The molecule has 2 atom stereocenters. The Morgan fingerprint density at radius 3 is 3.00 bits per heavy atom. The molecule has 1 fully saturated rings. The number of carboxylic acids is 1. The highest BCUT2D eigenvalue weighted by Gasteiger charge is 2.22. The highest BCUT2D eigenvalue weighted by Crippen LogP contribution is 2.19. The molecule has 3 N–H and O–H groups in total. The monoisotopic (exact) mass is 186 g/mol. The second-order valence-electron chi connectivity index (χ2n) is 3.95. The van der Waals surface area contributed by atoms with E-state index in [9.17, 15) is 4.79 Å². The van der Waals surface area contributed by atoms with E-state index < -0.39 is 12.0 Å². The lowest BCUT2D eigenvalue weighted by Crippen LogP contribution is -2.38. The van der Waals surface area contributed by atoms with E-state index in [-0.39, 0.29) is 0 Å². The third-order valence-corrected chi connectivity index (χ3v) is 2.63. The summed E-state index contributed by atoms with van der Waals surface area (Å²) in [5.74, 6) is -0.418. The zero-order chi connectivity index (χ0) is 9.84. The molecule has 0 spiro atoms. The summed E-state index contributed by atoms with van der Waals surface area (Å²) < 4.78 is 0. The van der Waals surface area contributed by atoms with Gasteiger partial charge in [0.2, 0.25) is 0 Å². The minimum atomic E-state index is -0.881. The van der Waals surface area contributed by atoms with Crippen molar-refractivity contribution in [1.29, 1.82) is 0 Å². The fourth-order valence-electron chi connectivity index (χ4n) is 1.93. The van der Waals surface area contributed by atoms with E-state index in [0.29, 0.717) is 12.3 Å². The number of carboxylic acid groups (broad SMARTS) is 1. The predicted octanol–water partition coefficient (Wildman–Crippen LogP) is 0.130. The van der Waals surface area contributed by atoms with E-state index in [4.69, 9.17) is 10.8 Å². The van der Waals surface area contributed by atoms with Crippen LogP contribution in [0, 0.1) is 5.92 Å². The van der Waals surface area contributed by atoms with Crippen LogP contribution in [0.5, 0.6) is 0 Å². The Morgan fingerprint density at radius 2 is 2.46 bits per heavy atom. The summed E-state index contributed by atoms with van der Waals surface area (Å²) in [5, 5.41) is 8.64. The third-order valence-electron chi connectivity index (χ3n) is 2.63. The molecule has 1 aliphatic rings. The van der Waals surface area contributed by atoms with Crippen molar-refractivity contribution < 1.29 is 9.90 Å². The molecule has 0 saturated carbocycles. The lowest BCUT2D eigenvalue weighted by atomic mass is 9.92. The smallest absolute Gasteiger partial charge is 0.320 e. The highest BCUT2D eigenvalue weighted by atomic mass is 16.4. The second kappa shape index (κ2) is 4.58. The maximum atomic E-state index is 10.5. The van der Waals surface area contributed by atoms with Crippen molar-refractivity contribution in [3.63, 3.8) is 0 Å². The minimum absolute atomic E-state index is 0.463. The van der Waals surface area contributed by atoms with Gasteiger partial charge in [0.1, 0.15) is 6.04 Å². The molecule has 0 aromatic rings. The summed E-state index contributed by atoms with van der Waals surface area (Å²) in [7, 11) is 2.07. The molecule has 13 heavy (non-hydrogen) atoms. The predicted molar refractivity (Wildman–Crippen MR) is 50.4 cm³/mol. The molecule has 0 aromatic heterocycles. The molecule has 0 amide bonds. The first-order chi connectivity index (χ1) is 6.09. The van der Waals surface area contributed by atoms with Crippen LogP contribution in [0.2, 0.25) is 0 Å². The van der Waals surface area contributed by atoms with Gasteiger partial charge in [-0.15, -0.1) is 0 Å². The average molecular weight is 186 g/mol. The highest BCUT2D eigenvalue weighted by molar-refractivity contribution is 5.73. The van der Waals surface area contributed by atoms with Crippen LogP contribution in [0.15, 0.2) is 0 Å². The molecule has 0 radical (unpaired) electrons. The molecule has 1 rings (SSSR count). The summed E-state index contributed by atoms with van der Waals surface area (Å²) >= 11 is 0. The Morgan fingerprint density at radius 1 is 1.77 bits per heavy atom. The van der Waals surface area contributed by atoms with Crippen molar-refractivity contribution in [1.82, 2.24) is 4.90 Å². The number of rotatable bonds is 3. The number of nitrogens with two attached hydrogens (primary N) is 1. The summed E-state index contributed by atoms with van der Waals surface area (Å²) in [6.45, 7) is 2.11. The lowest BCUT2D eigenvalue weighted by molar-refractivity contribution is -0.139. The number of hydrogen-bond donors (Lipinski definition) is 2. The van der Waals surface area contributed by atoms with Gasteiger partial charge in [-0.1, -0.05) is 0 Å². The molecule has 4 nitrogen and oxygen atoms in total. The maximum Gasteiger partial charge on any atom is 0.320 e. The van der Waals surface area contributed by atoms with Gasteiger partial charge in [-0.05, 0) is 38.8 Å². The van der Waals surface area contributed by atoms with E-state index >= 15 is 0 Å². The molecule has 76 valence electrons. The van der Waals surface area contributed by atoms with E-state index in [1.165, 1.54) is 0 Å². The summed E-state index contributed by atoms with van der Waals surface area (Å²) in [4.78, 5) is 12.8. The molecule has 4 heteroatoms. The number of carbonyl (C=O) groups is 1. The zero-order valence-electron chi connectivity index (χ0n) is 8.07. The number of hydrogen-bond acceptors (Lipinski definition) is 3. The van der Waals surface area contributed by atoms with Crippen molar-refractivity contribution >= 4 is 5.97 Å². The standard InChI is InChI=1S/C9H18N2O2/c1-11-4-2-3-7(6-11)5-8(10)9(12)13/h7-8H,2-6,10H2,1H3,(H,12,13)/t7?,8-/m0/s1. The minimum Gasteiger partial charge on any atom is -0.480 e. The van der Waals surface area contributed by atoms with Crippen LogP contribution >= 0.6 is 0 Å². The maximum absolute atomic E-state index is 10.5. The van der Waals surface area contributed by atoms with Crippen molar-refractivity contribution in [3.05, 3.63) is 0 Å². The van der Waals surface area contributed by atoms with E-state index in [1.807, 2.05) is 0 Å². The molecule has 0 aromatic carbocycles. The first kappa shape index (κ1) is 10.5. The Labute approximate surface area is 78.7 Å². The van der Waals surface area contributed by atoms with Gasteiger partial charge >= 0.3 is 5.97 Å². The first-order valence-electron chi connectivity index (χ1n) is 4.76. The molecule has 1 heterocycles. The largest absolute Gasteiger partial charge is 0.480 e. The molecule has 0 aliphatic carbocycles. The molecule has 1 saturated heterocycles. The van der Waals surface area contributed by atoms with E-state index in [0.717, 1.165) is 25.9 Å². The van der Waals surface area contributed by atoms with Gasteiger partial charge in [-0.25, -0.2) is 0 Å². The third kappa shape index (κ3) is 3.32. The Hall–Kier alpha value is -0.610. The fraction of sp³-hybridized carbons (Fsp3) is 0.889. The first-order valence-corrected chi connectivity index (χ1v) is 4.76. The Bertz CT molecular complexity index is 184. The van der Waals surface area contributed by atoms with Gasteiger partial charge in [-0.2, -0.15) is 0 Å². The molecular formula is C9H18N2O2. The average Bonchev–Trinajstić information content (AvgIpc) is 2.04. The summed E-state index contributed by atoms with van der Waals surface area (Å²) in [6, 6.07) is -0.684. The Balaban J connectivity index is 2.31. The number of piperidine rings is 1. The summed E-state index contributed by atoms with van der Waals surface area (Å²) in [5.41, 5.74) is 5.47. The normalized spacial score (nSPS) is 27.1. The number of likely N-dealkylation sites (tertiary alicyclic amines) is 1. The van der Waals surface area contributed by atoms with Gasteiger partial charge < -0.3 is 15.7 Å². The van der Waals surface area contributed by atoms with Gasteiger partial charge in [0.15, 0.2) is 0 Å². The van der Waals surface area contributed by atoms with Crippen LogP contribution in [-0.2, 0) is 4.79 Å². The number of nitrogens with zero attached hydrogens (tertiary/aromatic N) is 1. The molecule has 0 bridgehead atoms. The van der Waals surface area contributed by atoms with Crippen molar-refractivity contribution in [2.24, 2.45) is 11.7 Å². The Kier molecular flexibility index (Phi) is 3.69. The fourth-order valence-corrected chi connectivity index (χ4v) is 1.93. The van der Waals surface area contributed by atoms with Crippen LogP contribution in [0.4, 0.5) is 0 Å². The summed E-state index contributed by atoms with van der Waals surface area (Å²) in [6.07, 6.45) is 2.89. The van der Waals surface area contributed by atoms with Crippen LogP contribution in [0.1, 0.15) is 19.3 Å². The van der Waals surface area contributed by atoms with Crippen molar-refractivity contribution in [2.75, 3.05) is 20.1 Å². The number of aliphatic carboxylic acids is 1. The van der Waals surface area contributed by atoms with Gasteiger partial charge in [0, 0.05) is 6.54 Å². The van der Waals surface area contributed by atoms with Gasteiger partial charge in [0.25, 0.3) is 0 Å². The molecule has 1 unspecified atom stereocenters. The molecular weight excluding hydrogens is 168 g/mol. The quantitative estimate of drug-likeness (QED) is 0.657. The van der Waals surface area contributed by atoms with Crippen molar-refractivity contribution in [2.45, 2.75) is 25.3 Å². The van der Waals surface area contributed by atoms with Crippen LogP contribution in [0.3, 0.4) is 0 Å². The lowest BCUT2D eigenvalue weighted by Gasteiger charge is -2.30. The topological polar surface area (TPSA) is 66.6 Å². The van der Waals surface area contributed by atoms with Crippen molar-refractivity contribution in [3.8, 4) is 0 Å². The zero-order valence-corrected chi connectivity index (χ0v) is 8.07. The second-order valence-corrected chi connectivity index (χ2v) is 3.95. The SMILES string of the molecule is CN1CCCC(C[C@H](N)C(=O)O)C1.